The van der Waals surface area contributed by atoms with E-state index < -0.39 is 29.2 Å². The van der Waals surface area contributed by atoms with E-state index in [0.29, 0.717) is 21.5 Å². The SMILES string of the molecule is CON=C(C(=O)NC1C(=O)N2C(C(=O)O)=C(CSc3nc(CO)ns3)CS[C@H]12)c1csc(N)n1. The number of hydrogen-bond donors (Lipinski definition) is 4. The van der Waals surface area contributed by atoms with E-state index in [-0.39, 0.29) is 34.6 Å². The number of aliphatic hydroxyl groups is 1. The first kappa shape index (κ1) is 24.4. The first-order chi connectivity index (χ1) is 16.3. The molecule has 180 valence electrons. The molecule has 0 aliphatic carbocycles. The number of aliphatic hydroxyl groups excluding tert-OH is 1. The molecule has 2 aliphatic heterocycles. The highest BCUT2D eigenvalue weighted by molar-refractivity contribution is 8.01. The molecule has 4 rings (SSSR count). The van der Waals surface area contributed by atoms with E-state index in [4.69, 9.17) is 15.7 Å². The second kappa shape index (κ2) is 10.3. The van der Waals surface area contributed by atoms with Gasteiger partial charge in [0.1, 0.15) is 36.5 Å². The fraction of sp³-hybridized carbons (Fsp3) is 0.353. The summed E-state index contributed by atoms with van der Waals surface area (Å²) in [5, 5.41) is 26.4. The number of aromatic nitrogens is 3. The molecule has 0 spiro atoms. The molecule has 2 aliphatic rings. The summed E-state index contributed by atoms with van der Waals surface area (Å²) in [5.41, 5.74) is 6.13. The summed E-state index contributed by atoms with van der Waals surface area (Å²) in [5.74, 6) is -1.53. The van der Waals surface area contributed by atoms with Crippen LogP contribution in [0, 0.1) is 0 Å². The van der Waals surface area contributed by atoms with Gasteiger partial charge >= 0.3 is 5.97 Å². The Balaban J connectivity index is 1.48. The second-order valence-electron chi connectivity index (χ2n) is 6.74. The minimum Gasteiger partial charge on any atom is -0.477 e. The van der Waals surface area contributed by atoms with Crippen LogP contribution in [0.15, 0.2) is 26.1 Å². The molecule has 0 saturated carbocycles. The average molecular weight is 544 g/mol. The van der Waals surface area contributed by atoms with Crippen molar-refractivity contribution in [2.24, 2.45) is 5.16 Å². The average Bonchev–Trinajstić information content (AvgIpc) is 3.47. The van der Waals surface area contributed by atoms with Crippen molar-refractivity contribution in [1.29, 1.82) is 0 Å². The number of carboxylic acid groups (broad SMARTS) is 1. The van der Waals surface area contributed by atoms with Gasteiger partial charge in [-0.25, -0.2) is 14.8 Å². The molecule has 0 bridgehead atoms. The Morgan fingerprint density at radius 3 is 2.85 bits per heavy atom. The molecule has 2 aromatic heterocycles. The number of aliphatic carboxylic acids is 1. The highest BCUT2D eigenvalue weighted by Gasteiger charge is 2.54. The maximum Gasteiger partial charge on any atom is 0.352 e. The number of nitrogen functional groups attached to an aromatic ring is 1. The van der Waals surface area contributed by atoms with Crippen molar-refractivity contribution in [2.75, 3.05) is 24.3 Å². The molecule has 2 amide bonds. The molecule has 2 aromatic rings. The largest absolute Gasteiger partial charge is 0.477 e. The molecule has 0 aromatic carbocycles. The number of nitrogens with zero attached hydrogens (tertiary/aromatic N) is 5. The van der Waals surface area contributed by atoms with Gasteiger partial charge in [0, 0.05) is 16.9 Å². The van der Waals surface area contributed by atoms with Gasteiger partial charge in [-0.2, -0.15) is 4.37 Å². The Morgan fingerprint density at radius 1 is 1.44 bits per heavy atom. The predicted octanol–water partition coefficient (Wildman–Crippen LogP) is -0.0495. The molecule has 17 heteroatoms. The lowest BCUT2D eigenvalue weighted by Crippen LogP contribution is -2.71. The third kappa shape index (κ3) is 4.74. The second-order valence-corrected chi connectivity index (χ2v) is 10.7. The number of thioether (sulfide) groups is 2. The Morgan fingerprint density at radius 2 is 2.24 bits per heavy atom. The number of carbonyl (C=O) groups excluding carboxylic acids is 2. The fourth-order valence-corrected chi connectivity index (χ4v) is 6.86. The van der Waals surface area contributed by atoms with Crippen LogP contribution < -0.4 is 11.1 Å². The maximum atomic E-state index is 12.9. The number of thiazole rings is 1. The van der Waals surface area contributed by atoms with E-state index in [1.807, 2.05) is 0 Å². The summed E-state index contributed by atoms with van der Waals surface area (Å²) in [4.78, 5) is 51.7. The molecular formula is C17H17N7O6S4. The summed E-state index contributed by atoms with van der Waals surface area (Å²) in [6, 6.07) is -0.936. The zero-order valence-electron chi connectivity index (χ0n) is 17.3. The van der Waals surface area contributed by atoms with E-state index in [1.54, 1.807) is 0 Å². The lowest BCUT2D eigenvalue weighted by atomic mass is 10.0. The minimum absolute atomic E-state index is 0.100. The monoisotopic (exact) mass is 543 g/mol. The lowest BCUT2D eigenvalue weighted by molar-refractivity contribution is -0.150. The molecule has 1 saturated heterocycles. The molecule has 13 nitrogen and oxygen atoms in total. The Kier molecular flexibility index (Phi) is 7.36. The number of hydrogen-bond acceptors (Lipinski definition) is 14. The predicted molar refractivity (Wildman–Crippen MR) is 126 cm³/mol. The van der Waals surface area contributed by atoms with Crippen molar-refractivity contribution >= 4 is 75.0 Å². The summed E-state index contributed by atoms with van der Waals surface area (Å²) < 4.78 is 4.56. The lowest BCUT2D eigenvalue weighted by Gasteiger charge is -2.49. The third-order valence-electron chi connectivity index (χ3n) is 4.66. The number of carboxylic acids is 1. The van der Waals surface area contributed by atoms with Crippen LogP contribution in [0.25, 0.3) is 0 Å². The minimum atomic E-state index is -1.23. The first-order valence-electron chi connectivity index (χ1n) is 9.43. The number of fused-ring (bicyclic) bond motifs is 1. The van der Waals surface area contributed by atoms with Gasteiger partial charge in [0.25, 0.3) is 11.8 Å². The van der Waals surface area contributed by atoms with Crippen molar-refractivity contribution < 1.29 is 29.4 Å². The van der Waals surface area contributed by atoms with E-state index in [0.717, 1.165) is 22.9 Å². The standard InChI is InChI=1S/C17H17N7O6S4/c1-30-22-9(7-5-32-16(18)19-7)12(26)21-10-13(27)24-11(15(28)29)6(3-31-14(10)24)4-33-17-20-8(2-25)23-34-17/h5,10,14,25H,2-4H2,1H3,(H2,18,19)(H,21,26)(H,28,29)/t10?,14-/m1/s1. The number of amides is 2. The van der Waals surface area contributed by atoms with Gasteiger partial charge in [0.15, 0.2) is 21.0 Å². The summed E-state index contributed by atoms with van der Waals surface area (Å²) >= 11 is 4.85. The molecule has 1 fully saturated rings. The van der Waals surface area contributed by atoms with Crippen LogP contribution in [0.4, 0.5) is 5.13 Å². The molecule has 0 radical (unpaired) electrons. The molecule has 4 heterocycles. The molecule has 34 heavy (non-hydrogen) atoms. The van der Waals surface area contributed by atoms with E-state index in [9.17, 15) is 19.5 Å². The zero-order chi connectivity index (χ0) is 24.4. The maximum absolute atomic E-state index is 12.9. The zero-order valence-corrected chi connectivity index (χ0v) is 20.6. The summed E-state index contributed by atoms with van der Waals surface area (Å²) in [6.45, 7) is -0.278. The number of β-lactam (4-membered cyclic amide) rings is 1. The number of nitrogens with two attached hydrogens (primary N) is 1. The number of rotatable bonds is 9. The van der Waals surface area contributed by atoms with Gasteiger partial charge < -0.3 is 26.1 Å². The van der Waals surface area contributed by atoms with Crippen LogP contribution in [-0.4, -0.2) is 83.0 Å². The molecule has 1 unspecified atom stereocenters. The van der Waals surface area contributed by atoms with E-state index in [2.05, 4.69) is 24.8 Å². The van der Waals surface area contributed by atoms with Gasteiger partial charge in [-0.1, -0.05) is 16.9 Å². The topological polar surface area (TPSA) is 193 Å². The van der Waals surface area contributed by atoms with Crippen LogP contribution in [0.5, 0.6) is 0 Å². The Bertz CT molecular complexity index is 1190. The van der Waals surface area contributed by atoms with Crippen molar-refractivity contribution in [1.82, 2.24) is 24.6 Å². The Hall–Kier alpha value is -2.73. The van der Waals surface area contributed by atoms with Crippen molar-refractivity contribution in [3.8, 4) is 0 Å². The van der Waals surface area contributed by atoms with Crippen molar-refractivity contribution in [3.05, 3.63) is 28.2 Å². The smallest absolute Gasteiger partial charge is 0.352 e. The number of anilines is 1. The van der Waals surface area contributed by atoms with Crippen LogP contribution in [0.1, 0.15) is 11.5 Å². The highest BCUT2D eigenvalue weighted by atomic mass is 32.2. The van der Waals surface area contributed by atoms with Crippen LogP contribution in [0.3, 0.4) is 0 Å². The molecule has 5 N–H and O–H groups in total. The van der Waals surface area contributed by atoms with Crippen molar-refractivity contribution in [3.63, 3.8) is 0 Å². The van der Waals surface area contributed by atoms with Gasteiger partial charge in [-0.15, -0.1) is 23.1 Å². The third-order valence-corrected chi connectivity index (χ3v) is 8.63. The number of nitrogens with one attached hydrogen (secondary N) is 1. The van der Waals surface area contributed by atoms with E-state index >= 15 is 0 Å². The quantitative estimate of drug-likeness (QED) is 0.143. The Labute approximate surface area is 208 Å². The first-order valence-corrected chi connectivity index (χ1v) is 13.1. The van der Waals surface area contributed by atoms with Gasteiger partial charge in [-0.05, 0) is 17.1 Å². The van der Waals surface area contributed by atoms with Crippen LogP contribution in [0.2, 0.25) is 0 Å². The highest BCUT2D eigenvalue weighted by Crippen LogP contribution is 2.41. The van der Waals surface area contributed by atoms with Crippen LogP contribution >= 0.6 is 46.4 Å². The van der Waals surface area contributed by atoms with Gasteiger partial charge in [0.05, 0.1) is 0 Å². The number of oxime groups is 1. The van der Waals surface area contributed by atoms with Gasteiger partial charge in [0.2, 0.25) is 0 Å². The molecular weight excluding hydrogens is 526 g/mol. The molecule has 2 atom stereocenters. The summed E-state index contributed by atoms with van der Waals surface area (Å²) in [7, 11) is 1.27. The van der Waals surface area contributed by atoms with E-state index in [1.165, 1.54) is 40.9 Å². The number of carbonyl (C=O) groups is 3. The normalized spacial score (nSPS) is 20.1. The van der Waals surface area contributed by atoms with Crippen LogP contribution in [-0.2, 0) is 25.8 Å². The summed E-state index contributed by atoms with van der Waals surface area (Å²) in [6.07, 6.45) is 0. The van der Waals surface area contributed by atoms with Crippen molar-refractivity contribution in [2.45, 2.75) is 22.4 Å². The fourth-order valence-electron chi connectivity index (χ4n) is 3.21. The van der Waals surface area contributed by atoms with Gasteiger partial charge in [-0.3, -0.25) is 14.5 Å².